The van der Waals surface area contributed by atoms with E-state index >= 15 is 0 Å². The minimum absolute atomic E-state index is 0.0624. The molecule has 4 rings (SSSR count). The van der Waals surface area contributed by atoms with E-state index in [1.807, 2.05) is 24.3 Å². The van der Waals surface area contributed by atoms with Gasteiger partial charge in [-0.1, -0.05) is 28.1 Å². The molecule has 160 valence electrons. The fourth-order valence-corrected chi connectivity index (χ4v) is 4.73. The van der Waals surface area contributed by atoms with Crippen LogP contribution < -0.4 is 9.47 Å². The fourth-order valence-electron chi connectivity index (χ4n) is 4.25. The summed E-state index contributed by atoms with van der Waals surface area (Å²) >= 11 is 3.69. The zero-order valence-corrected chi connectivity index (χ0v) is 19.3. The summed E-state index contributed by atoms with van der Waals surface area (Å²) < 4.78 is 12.1. The predicted octanol–water partition coefficient (Wildman–Crippen LogP) is 4.38. The number of fused-ring (bicyclic) bond motifs is 1. The maximum absolute atomic E-state index is 12.2. The lowest BCUT2D eigenvalue weighted by atomic mass is 9.90. The Morgan fingerprint density at radius 3 is 2.60 bits per heavy atom. The van der Waals surface area contributed by atoms with Gasteiger partial charge in [-0.15, -0.1) is 0 Å². The molecule has 2 aromatic carbocycles. The van der Waals surface area contributed by atoms with Crippen molar-refractivity contribution in [1.29, 1.82) is 0 Å². The van der Waals surface area contributed by atoms with Crippen LogP contribution >= 0.6 is 15.9 Å². The first-order chi connectivity index (χ1) is 14.5. The summed E-state index contributed by atoms with van der Waals surface area (Å²) in [7, 11) is 3.59. The van der Waals surface area contributed by atoms with Gasteiger partial charge < -0.3 is 19.3 Å². The molecule has 0 atom stereocenters. The number of nitrogens with zero attached hydrogens (tertiary/aromatic N) is 2. The fraction of sp³-hybridized carbons (Fsp3) is 0.458. The van der Waals surface area contributed by atoms with Gasteiger partial charge in [0.15, 0.2) is 11.5 Å². The summed E-state index contributed by atoms with van der Waals surface area (Å²) in [6.45, 7) is 3.61. The zero-order chi connectivity index (χ0) is 21.1. The molecule has 1 amide bonds. The lowest BCUT2D eigenvalue weighted by molar-refractivity contribution is 0.0827. The van der Waals surface area contributed by atoms with Gasteiger partial charge in [-0.25, -0.2) is 0 Å². The zero-order valence-electron chi connectivity index (χ0n) is 17.7. The van der Waals surface area contributed by atoms with Crippen molar-refractivity contribution in [3.63, 3.8) is 0 Å². The smallest absolute Gasteiger partial charge is 0.253 e. The van der Waals surface area contributed by atoms with Crippen LogP contribution in [0.5, 0.6) is 11.5 Å². The van der Waals surface area contributed by atoms with Gasteiger partial charge in [-0.05, 0) is 80.1 Å². The first-order valence-electron chi connectivity index (χ1n) is 10.6. The minimum atomic E-state index is 0.0624. The molecule has 0 aromatic heterocycles. The van der Waals surface area contributed by atoms with E-state index in [0.29, 0.717) is 12.7 Å². The van der Waals surface area contributed by atoms with Crippen molar-refractivity contribution < 1.29 is 14.3 Å². The van der Waals surface area contributed by atoms with Crippen molar-refractivity contribution in [2.75, 3.05) is 40.5 Å². The third kappa shape index (κ3) is 4.98. The van der Waals surface area contributed by atoms with E-state index in [2.05, 4.69) is 33.0 Å². The molecule has 0 N–H and O–H groups in total. The number of carbonyl (C=O) groups excluding carboxylic acids is 1. The van der Waals surface area contributed by atoms with Gasteiger partial charge in [0.25, 0.3) is 5.91 Å². The summed E-state index contributed by atoms with van der Waals surface area (Å²) in [5.41, 5.74) is 3.31. The highest BCUT2D eigenvalue weighted by Gasteiger charge is 2.22. The Labute approximate surface area is 187 Å². The molecule has 0 aliphatic carbocycles. The van der Waals surface area contributed by atoms with Crippen LogP contribution in [-0.2, 0) is 12.8 Å². The molecule has 0 saturated carbocycles. The number of amides is 1. The molecule has 0 unspecified atom stereocenters. The molecule has 0 bridgehead atoms. The quantitative estimate of drug-likeness (QED) is 0.625. The second kappa shape index (κ2) is 9.40. The Morgan fingerprint density at radius 2 is 1.87 bits per heavy atom. The van der Waals surface area contributed by atoms with E-state index in [0.717, 1.165) is 54.0 Å². The molecule has 1 saturated heterocycles. The number of halogens is 1. The first kappa shape index (κ1) is 21.2. The van der Waals surface area contributed by atoms with E-state index in [4.69, 9.17) is 9.47 Å². The molecule has 0 radical (unpaired) electrons. The molecule has 2 heterocycles. The summed E-state index contributed by atoms with van der Waals surface area (Å²) in [6, 6.07) is 12.2. The average Bonchev–Trinajstić information content (AvgIpc) is 3.20. The topological polar surface area (TPSA) is 42.0 Å². The molecule has 0 spiro atoms. The highest BCUT2D eigenvalue weighted by atomic mass is 79.9. The maximum Gasteiger partial charge on any atom is 0.253 e. The second-order valence-corrected chi connectivity index (χ2v) is 9.29. The maximum atomic E-state index is 12.2. The minimum Gasteiger partial charge on any atom is -0.454 e. The van der Waals surface area contributed by atoms with Crippen LogP contribution in [0.4, 0.5) is 0 Å². The van der Waals surface area contributed by atoms with Crippen LogP contribution in [0.3, 0.4) is 0 Å². The molecular formula is C24H29BrN2O3. The Kier molecular flexibility index (Phi) is 6.64. The summed E-state index contributed by atoms with van der Waals surface area (Å²) in [5.74, 6) is 2.45. The van der Waals surface area contributed by atoms with E-state index in [1.54, 1.807) is 19.0 Å². The number of likely N-dealkylation sites (tertiary alicyclic amines) is 1. The lowest BCUT2D eigenvalue weighted by Crippen LogP contribution is -2.35. The van der Waals surface area contributed by atoms with Crippen LogP contribution in [0.15, 0.2) is 40.9 Å². The largest absolute Gasteiger partial charge is 0.454 e. The van der Waals surface area contributed by atoms with Crippen molar-refractivity contribution in [3.8, 4) is 11.5 Å². The van der Waals surface area contributed by atoms with Gasteiger partial charge in [-0.2, -0.15) is 0 Å². The van der Waals surface area contributed by atoms with E-state index in [1.165, 1.54) is 24.0 Å². The number of carbonyl (C=O) groups is 1. The molecule has 6 heteroatoms. The average molecular weight is 473 g/mol. The standard InChI is InChI=1S/C24H29BrN2O3/c1-26(2)24(28)19-5-3-4-17(12-19)6-9-27-10-7-18(8-11-27)13-20-14-22-23(15-21(20)25)30-16-29-22/h3-5,12,14-15,18H,6-11,13,16H2,1-2H3. The third-order valence-electron chi connectivity index (χ3n) is 6.05. The number of hydrogen-bond donors (Lipinski definition) is 0. The Morgan fingerprint density at radius 1 is 1.13 bits per heavy atom. The summed E-state index contributed by atoms with van der Waals surface area (Å²) in [4.78, 5) is 16.3. The van der Waals surface area contributed by atoms with Crippen LogP contribution in [0, 0.1) is 5.92 Å². The van der Waals surface area contributed by atoms with E-state index in [9.17, 15) is 4.79 Å². The number of rotatable bonds is 6. The molecule has 5 nitrogen and oxygen atoms in total. The normalized spacial score (nSPS) is 16.6. The second-order valence-electron chi connectivity index (χ2n) is 8.44. The van der Waals surface area contributed by atoms with Crippen molar-refractivity contribution in [2.45, 2.75) is 25.7 Å². The van der Waals surface area contributed by atoms with Crippen LogP contribution in [0.1, 0.15) is 34.3 Å². The Balaban J connectivity index is 1.26. The van der Waals surface area contributed by atoms with E-state index in [-0.39, 0.29) is 5.91 Å². The van der Waals surface area contributed by atoms with Crippen molar-refractivity contribution in [1.82, 2.24) is 9.80 Å². The van der Waals surface area contributed by atoms with Gasteiger partial charge in [-0.3, -0.25) is 4.79 Å². The molecular weight excluding hydrogens is 444 g/mol. The monoisotopic (exact) mass is 472 g/mol. The number of piperidine rings is 1. The molecule has 2 aliphatic heterocycles. The van der Waals surface area contributed by atoms with Crippen LogP contribution in [0.2, 0.25) is 0 Å². The lowest BCUT2D eigenvalue weighted by Gasteiger charge is -2.32. The van der Waals surface area contributed by atoms with Crippen LogP contribution in [-0.4, -0.2) is 56.2 Å². The highest BCUT2D eigenvalue weighted by Crippen LogP contribution is 2.38. The van der Waals surface area contributed by atoms with Crippen LogP contribution in [0.25, 0.3) is 0 Å². The SMILES string of the molecule is CN(C)C(=O)c1cccc(CCN2CCC(Cc3cc4c(cc3Br)OCO4)CC2)c1. The molecule has 30 heavy (non-hydrogen) atoms. The third-order valence-corrected chi connectivity index (χ3v) is 6.79. The van der Waals surface area contributed by atoms with Crippen molar-refractivity contribution >= 4 is 21.8 Å². The predicted molar refractivity (Wildman–Crippen MR) is 121 cm³/mol. The van der Waals surface area contributed by atoms with Crippen molar-refractivity contribution in [3.05, 3.63) is 57.6 Å². The highest BCUT2D eigenvalue weighted by molar-refractivity contribution is 9.10. The Bertz CT molecular complexity index is 907. The molecule has 2 aliphatic rings. The first-order valence-corrected chi connectivity index (χ1v) is 11.4. The van der Waals surface area contributed by atoms with Gasteiger partial charge in [0, 0.05) is 30.7 Å². The van der Waals surface area contributed by atoms with Gasteiger partial charge in [0.05, 0.1) is 0 Å². The van der Waals surface area contributed by atoms with Crippen molar-refractivity contribution in [2.24, 2.45) is 5.92 Å². The Hall–Kier alpha value is -2.05. The van der Waals surface area contributed by atoms with Gasteiger partial charge in [0.2, 0.25) is 6.79 Å². The summed E-state index contributed by atoms with van der Waals surface area (Å²) in [6.07, 6.45) is 4.47. The number of hydrogen-bond acceptors (Lipinski definition) is 4. The van der Waals surface area contributed by atoms with Gasteiger partial charge >= 0.3 is 0 Å². The molecule has 1 fully saturated rings. The molecule has 2 aromatic rings. The summed E-state index contributed by atoms with van der Waals surface area (Å²) in [5, 5.41) is 0. The number of benzene rings is 2. The number of ether oxygens (including phenoxy) is 2. The van der Waals surface area contributed by atoms with Gasteiger partial charge in [0.1, 0.15) is 0 Å². The van der Waals surface area contributed by atoms with E-state index < -0.39 is 0 Å².